The third-order valence-corrected chi connectivity index (χ3v) is 3.48. The Morgan fingerprint density at radius 2 is 2.40 bits per heavy atom. The van der Waals surface area contributed by atoms with Crippen molar-refractivity contribution in [3.8, 4) is 0 Å². The van der Waals surface area contributed by atoms with E-state index in [-0.39, 0.29) is 0 Å². The van der Waals surface area contributed by atoms with Gasteiger partial charge in [0.1, 0.15) is 10.8 Å². The van der Waals surface area contributed by atoms with Crippen LogP contribution in [0.15, 0.2) is 23.6 Å². The van der Waals surface area contributed by atoms with Gasteiger partial charge in [-0.05, 0) is 6.42 Å². The van der Waals surface area contributed by atoms with Crippen LogP contribution < -0.4 is 5.73 Å². The van der Waals surface area contributed by atoms with Gasteiger partial charge in [0.25, 0.3) is 0 Å². The summed E-state index contributed by atoms with van der Waals surface area (Å²) in [6, 6.07) is 0. The van der Waals surface area contributed by atoms with Gasteiger partial charge < -0.3 is 10.1 Å². The fourth-order valence-corrected chi connectivity index (χ4v) is 2.24. The first-order valence-electron chi connectivity index (χ1n) is 4.96. The van der Waals surface area contributed by atoms with E-state index in [2.05, 4.69) is 23.8 Å². The Bertz CT molecular complexity index is 465. The largest absolute Gasteiger partial charge is 0.382 e. The lowest BCUT2D eigenvalue weighted by Crippen LogP contribution is -2.00. The van der Waals surface area contributed by atoms with Gasteiger partial charge in [0.15, 0.2) is 5.65 Å². The van der Waals surface area contributed by atoms with Crippen molar-refractivity contribution >= 4 is 23.2 Å². The molecule has 1 atom stereocenters. The van der Waals surface area contributed by atoms with E-state index >= 15 is 0 Å². The Morgan fingerprint density at radius 3 is 3.13 bits per heavy atom. The summed E-state index contributed by atoms with van der Waals surface area (Å²) >= 11 is 1.72. The molecule has 0 fully saturated rings. The molecule has 0 saturated carbocycles. The van der Waals surface area contributed by atoms with Crippen molar-refractivity contribution < 1.29 is 0 Å². The van der Waals surface area contributed by atoms with Crippen molar-refractivity contribution in [1.82, 2.24) is 14.4 Å². The monoisotopic (exact) mass is 222 g/mol. The number of nitrogens with zero attached hydrogens (tertiary/aromatic N) is 3. The molecular formula is C10H14N4S. The molecule has 0 aromatic carbocycles. The lowest BCUT2D eigenvalue weighted by Gasteiger charge is -2.08. The molecule has 0 amide bonds. The van der Waals surface area contributed by atoms with Gasteiger partial charge in [-0.1, -0.05) is 25.6 Å². The molecule has 0 aliphatic rings. The van der Waals surface area contributed by atoms with Crippen LogP contribution in [0.4, 0.5) is 5.82 Å². The molecule has 15 heavy (non-hydrogen) atoms. The molecule has 5 heteroatoms. The molecule has 2 N–H and O–H groups in total. The molecular weight excluding hydrogens is 208 g/mol. The smallest absolute Gasteiger partial charge is 0.169 e. The zero-order valence-electron chi connectivity index (χ0n) is 8.84. The normalized spacial score (nSPS) is 13.2. The van der Waals surface area contributed by atoms with E-state index < -0.39 is 0 Å². The van der Waals surface area contributed by atoms with E-state index in [1.54, 1.807) is 24.2 Å². The van der Waals surface area contributed by atoms with Crippen LogP contribution in [0.3, 0.4) is 0 Å². The Labute approximate surface area is 92.9 Å². The third-order valence-electron chi connectivity index (χ3n) is 2.25. The zero-order chi connectivity index (χ0) is 10.8. The fraction of sp³-hybridized carbons (Fsp3) is 0.400. The number of rotatable bonds is 3. The summed E-state index contributed by atoms with van der Waals surface area (Å²) in [5.41, 5.74) is 6.61. The average molecular weight is 222 g/mol. The Balaban J connectivity index is 2.44. The van der Waals surface area contributed by atoms with Gasteiger partial charge in [0.05, 0.1) is 6.20 Å². The number of hydrogen-bond acceptors (Lipinski definition) is 4. The van der Waals surface area contributed by atoms with Gasteiger partial charge in [0.2, 0.25) is 0 Å². The molecule has 2 rings (SSSR count). The van der Waals surface area contributed by atoms with Crippen LogP contribution in [-0.4, -0.2) is 19.6 Å². The zero-order valence-corrected chi connectivity index (χ0v) is 9.66. The lowest BCUT2D eigenvalue weighted by atomic mass is 10.4. The number of aromatic nitrogens is 3. The summed E-state index contributed by atoms with van der Waals surface area (Å²) in [6.45, 7) is 4.34. The maximum Gasteiger partial charge on any atom is 0.169 e. The number of nitrogen functional groups attached to an aromatic ring is 1. The molecule has 0 spiro atoms. The summed E-state index contributed by atoms with van der Waals surface area (Å²) in [6.07, 6.45) is 6.53. The van der Waals surface area contributed by atoms with E-state index in [0.29, 0.717) is 11.1 Å². The molecule has 0 saturated heterocycles. The number of imidazole rings is 1. The van der Waals surface area contributed by atoms with Gasteiger partial charge in [-0.15, -0.1) is 0 Å². The summed E-state index contributed by atoms with van der Waals surface area (Å²) < 4.78 is 1.91. The number of nitrogens with two attached hydrogens (primary N) is 1. The van der Waals surface area contributed by atoms with Crippen molar-refractivity contribution in [2.24, 2.45) is 0 Å². The maximum atomic E-state index is 5.73. The van der Waals surface area contributed by atoms with Gasteiger partial charge in [-0.25, -0.2) is 9.97 Å². The minimum absolute atomic E-state index is 0.528. The molecule has 0 aliphatic carbocycles. The Kier molecular flexibility index (Phi) is 2.81. The van der Waals surface area contributed by atoms with Crippen LogP contribution in [0.5, 0.6) is 0 Å². The second kappa shape index (κ2) is 4.10. The molecule has 2 heterocycles. The molecule has 0 aliphatic heterocycles. The van der Waals surface area contributed by atoms with Crippen molar-refractivity contribution in [3.63, 3.8) is 0 Å². The van der Waals surface area contributed by atoms with Crippen LogP contribution in [0.1, 0.15) is 20.3 Å². The predicted molar refractivity (Wildman–Crippen MR) is 63.0 cm³/mol. The molecule has 0 radical (unpaired) electrons. The highest BCUT2D eigenvalue weighted by Gasteiger charge is 2.09. The molecule has 4 nitrogen and oxygen atoms in total. The molecule has 1 unspecified atom stereocenters. The quantitative estimate of drug-likeness (QED) is 0.809. The van der Waals surface area contributed by atoms with E-state index in [9.17, 15) is 0 Å². The van der Waals surface area contributed by atoms with Crippen LogP contribution >= 0.6 is 11.8 Å². The number of hydrogen-bond donors (Lipinski definition) is 1. The minimum atomic E-state index is 0.528. The summed E-state index contributed by atoms with van der Waals surface area (Å²) in [7, 11) is 0. The average Bonchev–Trinajstić information content (AvgIpc) is 2.65. The van der Waals surface area contributed by atoms with E-state index in [4.69, 9.17) is 5.73 Å². The number of anilines is 1. The highest BCUT2D eigenvalue weighted by atomic mass is 32.2. The second-order valence-electron chi connectivity index (χ2n) is 3.47. The lowest BCUT2D eigenvalue weighted by molar-refractivity contribution is 0.900. The number of fused-ring (bicyclic) bond motifs is 1. The van der Waals surface area contributed by atoms with Gasteiger partial charge in [0, 0.05) is 17.6 Å². The Morgan fingerprint density at radius 1 is 1.60 bits per heavy atom. The topological polar surface area (TPSA) is 56.2 Å². The standard InChI is InChI=1S/C10H14N4S/c1-3-7(2)15-10-9-12-4-5-14(9)6-8(11)13-10/h4-7H,3,11H2,1-2H3. The van der Waals surface area contributed by atoms with E-state index in [0.717, 1.165) is 17.1 Å². The SMILES string of the molecule is CCC(C)Sc1nc(N)cn2ccnc12. The number of thioether (sulfide) groups is 1. The van der Waals surface area contributed by atoms with Crippen molar-refractivity contribution in [1.29, 1.82) is 0 Å². The van der Waals surface area contributed by atoms with Crippen LogP contribution in [-0.2, 0) is 0 Å². The fourth-order valence-electron chi connectivity index (χ4n) is 1.27. The minimum Gasteiger partial charge on any atom is -0.382 e. The van der Waals surface area contributed by atoms with Crippen LogP contribution in [0.2, 0.25) is 0 Å². The molecule has 0 bridgehead atoms. The first-order chi connectivity index (χ1) is 7.20. The van der Waals surface area contributed by atoms with Gasteiger partial charge in [-0.2, -0.15) is 0 Å². The molecule has 80 valence electrons. The molecule has 2 aromatic rings. The van der Waals surface area contributed by atoms with Crippen molar-refractivity contribution in [2.45, 2.75) is 30.5 Å². The van der Waals surface area contributed by atoms with Crippen LogP contribution in [0, 0.1) is 0 Å². The highest BCUT2D eigenvalue weighted by molar-refractivity contribution is 8.00. The van der Waals surface area contributed by atoms with E-state index in [1.807, 2.05) is 10.6 Å². The van der Waals surface area contributed by atoms with Crippen LogP contribution in [0.25, 0.3) is 5.65 Å². The third kappa shape index (κ3) is 2.07. The van der Waals surface area contributed by atoms with Crippen molar-refractivity contribution in [3.05, 3.63) is 18.6 Å². The Hall–Kier alpha value is -1.23. The first-order valence-corrected chi connectivity index (χ1v) is 5.84. The summed E-state index contributed by atoms with van der Waals surface area (Å²) in [5, 5.41) is 1.44. The summed E-state index contributed by atoms with van der Waals surface area (Å²) in [4.78, 5) is 8.59. The molecule has 2 aromatic heterocycles. The van der Waals surface area contributed by atoms with E-state index in [1.165, 1.54) is 0 Å². The first kappa shape index (κ1) is 10.3. The van der Waals surface area contributed by atoms with Gasteiger partial charge in [-0.3, -0.25) is 0 Å². The van der Waals surface area contributed by atoms with Gasteiger partial charge >= 0.3 is 0 Å². The predicted octanol–water partition coefficient (Wildman–Crippen LogP) is 2.20. The maximum absolute atomic E-state index is 5.73. The second-order valence-corrected chi connectivity index (χ2v) is 4.89. The summed E-state index contributed by atoms with van der Waals surface area (Å²) in [5.74, 6) is 0.534. The highest BCUT2D eigenvalue weighted by Crippen LogP contribution is 2.27. The van der Waals surface area contributed by atoms with Crippen molar-refractivity contribution in [2.75, 3.05) is 5.73 Å².